The predicted molar refractivity (Wildman–Crippen MR) is 151 cm³/mol. The number of benzene rings is 2. The van der Waals surface area contributed by atoms with Crippen molar-refractivity contribution in [3.05, 3.63) is 65.2 Å². The van der Waals surface area contributed by atoms with E-state index >= 15 is 0 Å². The van der Waals surface area contributed by atoms with Gasteiger partial charge in [-0.3, -0.25) is 9.59 Å². The zero-order valence-electron chi connectivity index (χ0n) is 23.8. The topological polar surface area (TPSA) is 108 Å². The smallest absolute Gasteiger partial charge is 0.408 e. The van der Waals surface area contributed by atoms with Gasteiger partial charge in [-0.05, 0) is 82.2 Å². The van der Waals surface area contributed by atoms with Crippen LogP contribution < -0.4 is 10.6 Å². The molecule has 0 aliphatic heterocycles. The summed E-state index contributed by atoms with van der Waals surface area (Å²) in [6.45, 7) is 9.62. The number of phenolic OH excluding ortho intramolecular Hbond substituents is 1. The molecule has 2 atom stereocenters. The maximum absolute atomic E-state index is 14.4. The number of nitrogens with one attached hydrogen (secondary N) is 2. The first-order chi connectivity index (χ1) is 18.5. The molecular weight excluding hydrogens is 494 g/mol. The number of aromatic hydroxyl groups is 1. The van der Waals surface area contributed by atoms with E-state index in [9.17, 15) is 19.5 Å². The zero-order chi connectivity index (χ0) is 28.6. The van der Waals surface area contributed by atoms with Crippen molar-refractivity contribution in [3.63, 3.8) is 0 Å². The second-order valence-electron chi connectivity index (χ2n) is 11.3. The first-order valence-corrected chi connectivity index (χ1v) is 13.9. The summed E-state index contributed by atoms with van der Waals surface area (Å²) in [7, 11) is 0. The number of carbonyl (C=O) groups excluding carboxylic acids is 3. The molecule has 8 nitrogen and oxygen atoms in total. The monoisotopic (exact) mass is 537 g/mol. The van der Waals surface area contributed by atoms with E-state index in [2.05, 4.69) is 10.6 Å². The molecule has 0 heterocycles. The van der Waals surface area contributed by atoms with Crippen LogP contribution in [-0.2, 0) is 20.7 Å². The molecule has 2 aromatic carbocycles. The molecule has 2 aromatic rings. The van der Waals surface area contributed by atoms with E-state index in [1.165, 1.54) is 0 Å². The van der Waals surface area contributed by atoms with Gasteiger partial charge in [0.25, 0.3) is 0 Å². The summed E-state index contributed by atoms with van der Waals surface area (Å²) in [5.74, 6) is -0.487. The quantitative estimate of drug-likeness (QED) is 0.343. The number of nitrogens with zero attached hydrogens (tertiary/aromatic N) is 1. The number of hydrogen-bond donors (Lipinski definition) is 3. The first-order valence-electron chi connectivity index (χ1n) is 13.9. The summed E-state index contributed by atoms with van der Waals surface area (Å²) >= 11 is 0. The second kappa shape index (κ2) is 13.5. The van der Waals surface area contributed by atoms with Crippen LogP contribution in [-0.4, -0.2) is 52.1 Å². The van der Waals surface area contributed by atoms with Gasteiger partial charge in [-0.15, -0.1) is 0 Å². The molecule has 3 N–H and O–H groups in total. The summed E-state index contributed by atoms with van der Waals surface area (Å²) in [4.78, 5) is 42.6. The molecular formula is C31H43N3O5. The van der Waals surface area contributed by atoms with Crippen molar-refractivity contribution in [3.8, 4) is 5.75 Å². The van der Waals surface area contributed by atoms with Crippen LogP contribution in [0.3, 0.4) is 0 Å². The van der Waals surface area contributed by atoms with Gasteiger partial charge in [-0.25, -0.2) is 4.79 Å². The number of aryl methyl sites for hydroxylation is 1. The highest BCUT2D eigenvalue weighted by molar-refractivity contribution is 5.92. The van der Waals surface area contributed by atoms with E-state index in [0.29, 0.717) is 17.7 Å². The number of rotatable bonds is 11. The molecule has 0 radical (unpaired) electrons. The first kappa shape index (κ1) is 30.0. The highest BCUT2D eigenvalue weighted by Gasteiger charge is 2.42. The normalized spacial score (nSPS) is 15.0. The van der Waals surface area contributed by atoms with E-state index in [0.717, 1.165) is 37.7 Å². The minimum absolute atomic E-state index is 0.124. The molecule has 39 heavy (non-hydrogen) atoms. The van der Waals surface area contributed by atoms with Crippen molar-refractivity contribution < 1.29 is 24.2 Å². The Morgan fingerprint density at radius 1 is 1.10 bits per heavy atom. The highest BCUT2D eigenvalue weighted by Crippen LogP contribution is 2.35. The van der Waals surface area contributed by atoms with Gasteiger partial charge < -0.3 is 25.4 Å². The maximum Gasteiger partial charge on any atom is 0.408 e. The minimum atomic E-state index is -0.938. The minimum Gasteiger partial charge on any atom is -0.508 e. The van der Waals surface area contributed by atoms with E-state index < -0.39 is 23.8 Å². The van der Waals surface area contributed by atoms with Gasteiger partial charge >= 0.3 is 6.09 Å². The van der Waals surface area contributed by atoms with Gasteiger partial charge in [0, 0.05) is 19.0 Å². The van der Waals surface area contributed by atoms with Crippen LogP contribution >= 0.6 is 0 Å². The van der Waals surface area contributed by atoms with Gasteiger partial charge in [0.1, 0.15) is 23.4 Å². The molecule has 1 aliphatic rings. The van der Waals surface area contributed by atoms with Gasteiger partial charge in [-0.1, -0.05) is 49.7 Å². The Morgan fingerprint density at radius 2 is 1.79 bits per heavy atom. The lowest BCUT2D eigenvalue weighted by Crippen LogP contribution is -2.58. The Kier molecular flexibility index (Phi) is 10.4. The van der Waals surface area contributed by atoms with Crippen LogP contribution in [0, 0.1) is 6.92 Å². The van der Waals surface area contributed by atoms with Gasteiger partial charge in [0.15, 0.2) is 0 Å². The Hall–Kier alpha value is -3.55. The molecule has 2 unspecified atom stereocenters. The van der Waals surface area contributed by atoms with Crippen molar-refractivity contribution in [1.29, 1.82) is 0 Å². The van der Waals surface area contributed by atoms with Gasteiger partial charge in [0.05, 0.1) is 0 Å². The fourth-order valence-corrected chi connectivity index (χ4v) is 4.63. The molecule has 1 aliphatic carbocycles. The average Bonchev–Trinajstić information content (AvgIpc) is 2.83. The third kappa shape index (κ3) is 8.47. The third-order valence-corrected chi connectivity index (χ3v) is 6.89. The summed E-state index contributed by atoms with van der Waals surface area (Å²) in [5.41, 5.74) is 1.39. The summed E-state index contributed by atoms with van der Waals surface area (Å²) in [5, 5.41) is 16.0. The highest BCUT2D eigenvalue weighted by atomic mass is 16.6. The number of hydrogen-bond acceptors (Lipinski definition) is 5. The summed E-state index contributed by atoms with van der Waals surface area (Å²) < 4.78 is 5.50. The van der Waals surface area contributed by atoms with E-state index in [1.54, 1.807) is 50.8 Å². The van der Waals surface area contributed by atoms with Crippen LogP contribution in [0.2, 0.25) is 0 Å². The zero-order valence-corrected chi connectivity index (χ0v) is 23.8. The second-order valence-corrected chi connectivity index (χ2v) is 11.3. The standard InChI is InChI=1S/C31H43N3O5/c1-6-7-18-32-28(36)27(23-16-17-26(35)21(2)19-23)34(24-14-11-15-24)29(37)25(20-22-12-9-8-10-13-22)33-30(38)39-31(3,4)5/h8-10,12-13,16-17,19,24-25,27,35H,6-7,11,14-15,18,20H2,1-5H3,(H,32,36)(H,33,38). The lowest BCUT2D eigenvalue weighted by Gasteiger charge is -2.43. The summed E-state index contributed by atoms with van der Waals surface area (Å²) in [6, 6.07) is 12.5. The lowest BCUT2D eigenvalue weighted by atomic mass is 9.87. The molecule has 3 rings (SSSR count). The Labute approximate surface area is 232 Å². The third-order valence-electron chi connectivity index (χ3n) is 6.89. The SMILES string of the molecule is CCCCNC(=O)C(c1ccc(O)c(C)c1)N(C(=O)C(Cc1ccccc1)NC(=O)OC(C)(C)C)C1CCC1. The molecule has 1 saturated carbocycles. The van der Waals surface area contributed by atoms with Crippen LogP contribution in [0.1, 0.15) is 82.5 Å². The fourth-order valence-electron chi connectivity index (χ4n) is 4.63. The maximum atomic E-state index is 14.4. The van der Waals surface area contributed by atoms with Crippen molar-refractivity contribution in [1.82, 2.24) is 15.5 Å². The summed E-state index contributed by atoms with van der Waals surface area (Å²) in [6.07, 6.45) is 3.80. The van der Waals surface area contributed by atoms with Crippen LogP contribution in [0.25, 0.3) is 0 Å². The largest absolute Gasteiger partial charge is 0.508 e. The molecule has 3 amide bonds. The van der Waals surface area contributed by atoms with Crippen LogP contribution in [0.4, 0.5) is 4.79 Å². The van der Waals surface area contributed by atoms with Gasteiger partial charge in [-0.2, -0.15) is 0 Å². The van der Waals surface area contributed by atoms with E-state index in [4.69, 9.17) is 4.74 Å². The van der Waals surface area contributed by atoms with Crippen molar-refractivity contribution in [2.75, 3.05) is 6.54 Å². The number of carbonyl (C=O) groups is 3. The number of ether oxygens (including phenoxy) is 1. The Morgan fingerprint density at radius 3 is 2.36 bits per heavy atom. The average molecular weight is 538 g/mol. The van der Waals surface area contributed by atoms with Gasteiger partial charge in [0.2, 0.25) is 11.8 Å². The number of phenols is 1. The Bertz CT molecular complexity index is 1120. The molecule has 0 aromatic heterocycles. The van der Waals surface area contributed by atoms with Crippen LogP contribution in [0.15, 0.2) is 48.5 Å². The molecule has 0 spiro atoms. The number of alkyl carbamates (subject to hydrolysis) is 1. The molecule has 0 saturated heterocycles. The molecule has 8 heteroatoms. The van der Waals surface area contributed by atoms with E-state index in [1.807, 2.05) is 37.3 Å². The van der Waals surface area contributed by atoms with Crippen molar-refractivity contribution >= 4 is 17.9 Å². The molecule has 0 bridgehead atoms. The van der Waals surface area contributed by atoms with Crippen molar-refractivity contribution in [2.45, 2.75) is 96.9 Å². The fraction of sp³-hybridized carbons (Fsp3) is 0.516. The Balaban J connectivity index is 2.02. The lowest BCUT2D eigenvalue weighted by molar-refractivity contribution is -0.147. The number of amides is 3. The molecule has 1 fully saturated rings. The van der Waals surface area contributed by atoms with E-state index in [-0.39, 0.29) is 30.0 Å². The van der Waals surface area contributed by atoms with Crippen LogP contribution in [0.5, 0.6) is 5.75 Å². The molecule has 212 valence electrons. The van der Waals surface area contributed by atoms with Crippen molar-refractivity contribution in [2.24, 2.45) is 0 Å². The number of unbranched alkanes of at least 4 members (excludes halogenated alkanes) is 1. The predicted octanol–water partition coefficient (Wildman–Crippen LogP) is 5.18.